The van der Waals surface area contributed by atoms with Crippen molar-refractivity contribution in [1.82, 2.24) is 4.90 Å². The van der Waals surface area contributed by atoms with Gasteiger partial charge in [-0.2, -0.15) is 0 Å². The number of anilines is 1. The number of nitrogens with one attached hydrogen (secondary N) is 1. The monoisotopic (exact) mass is 436 g/mol. The maximum Gasteiger partial charge on any atom is 0.227 e. The Morgan fingerprint density at radius 3 is 2.44 bits per heavy atom. The Hall–Kier alpha value is -3.25. The zero-order chi connectivity index (χ0) is 22.5. The Labute approximate surface area is 186 Å². The van der Waals surface area contributed by atoms with E-state index in [-0.39, 0.29) is 11.8 Å². The van der Waals surface area contributed by atoms with Crippen LogP contribution in [0.25, 0.3) is 11.1 Å². The topological polar surface area (TPSA) is 41.6 Å². The van der Waals surface area contributed by atoms with Crippen LogP contribution in [0.5, 0.6) is 5.75 Å². The average molecular weight is 437 g/mol. The van der Waals surface area contributed by atoms with Crippen LogP contribution in [0, 0.1) is 17.6 Å². The molecule has 1 saturated heterocycles. The quantitative estimate of drug-likeness (QED) is 0.556. The molecule has 3 aromatic carbocycles. The molecule has 32 heavy (non-hydrogen) atoms. The SMILES string of the molecule is COc1cccc(-c2cccc(NC(=O)C3CCN(Cc4ccc(F)cc4F)CC3)c2)c1. The summed E-state index contributed by atoms with van der Waals surface area (Å²) in [5, 5.41) is 3.04. The fourth-order valence-electron chi connectivity index (χ4n) is 4.07. The first-order valence-corrected chi connectivity index (χ1v) is 10.7. The Morgan fingerprint density at radius 1 is 1.00 bits per heavy atom. The minimum atomic E-state index is -0.572. The van der Waals surface area contributed by atoms with Gasteiger partial charge in [0.25, 0.3) is 0 Å². The van der Waals surface area contributed by atoms with Crippen LogP contribution in [0.4, 0.5) is 14.5 Å². The Balaban J connectivity index is 1.34. The molecule has 0 atom stereocenters. The van der Waals surface area contributed by atoms with Crippen molar-refractivity contribution in [3.05, 3.63) is 83.9 Å². The predicted molar refractivity (Wildman–Crippen MR) is 121 cm³/mol. The van der Waals surface area contributed by atoms with E-state index in [1.54, 1.807) is 7.11 Å². The summed E-state index contributed by atoms with van der Waals surface area (Å²) < 4.78 is 32.3. The maximum absolute atomic E-state index is 13.9. The molecule has 3 aromatic rings. The largest absolute Gasteiger partial charge is 0.497 e. The van der Waals surface area contributed by atoms with Gasteiger partial charge in [-0.15, -0.1) is 0 Å². The van der Waals surface area contributed by atoms with Gasteiger partial charge in [0.2, 0.25) is 5.91 Å². The van der Waals surface area contributed by atoms with Crippen molar-refractivity contribution in [3.8, 4) is 16.9 Å². The molecular formula is C26H26F2N2O2. The first-order chi connectivity index (χ1) is 15.5. The highest BCUT2D eigenvalue weighted by Crippen LogP contribution is 2.27. The van der Waals surface area contributed by atoms with Gasteiger partial charge in [-0.3, -0.25) is 9.69 Å². The van der Waals surface area contributed by atoms with Crippen molar-refractivity contribution in [1.29, 1.82) is 0 Å². The van der Waals surface area contributed by atoms with Crippen molar-refractivity contribution < 1.29 is 18.3 Å². The van der Waals surface area contributed by atoms with E-state index in [9.17, 15) is 13.6 Å². The van der Waals surface area contributed by atoms with Gasteiger partial charge >= 0.3 is 0 Å². The highest BCUT2D eigenvalue weighted by atomic mass is 19.1. The highest BCUT2D eigenvalue weighted by Gasteiger charge is 2.25. The van der Waals surface area contributed by atoms with Crippen molar-refractivity contribution in [2.75, 3.05) is 25.5 Å². The Bertz CT molecular complexity index is 1090. The summed E-state index contributed by atoms with van der Waals surface area (Å²) in [5.74, 6) is -0.410. The molecule has 1 aliphatic rings. The summed E-state index contributed by atoms with van der Waals surface area (Å²) in [4.78, 5) is 14.9. The number of carbonyl (C=O) groups is 1. The van der Waals surface area contributed by atoms with Crippen LogP contribution in [-0.4, -0.2) is 31.0 Å². The fourth-order valence-corrected chi connectivity index (χ4v) is 4.07. The predicted octanol–water partition coefficient (Wildman–Crippen LogP) is 5.49. The number of hydrogen-bond acceptors (Lipinski definition) is 3. The summed E-state index contributed by atoms with van der Waals surface area (Å²) in [5.41, 5.74) is 3.24. The number of hydrogen-bond donors (Lipinski definition) is 1. The number of ether oxygens (including phenoxy) is 1. The van der Waals surface area contributed by atoms with Crippen molar-refractivity contribution in [2.45, 2.75) is 19.4 Å². The van der Waals surface area contributed by atoms with E-state index < -0.39 is 11.6 Å². The smallest absolute Gasteiger partial charge is 0.227 e. The molecular weight excluding hydrogens is 410 g/mol. The van der Waals surface area contributed by atoms with E-state index in [4.69, 9.17) is 4.74 Å². The summed E-state index contributed by atoms with van der Waals surface area (Å²) >= 11 is 0. The third kappa shape index (κ3) is 5.32. The van der Waals surface area contributed by atoms with Gasteiger partial charge in [-0.1, -0.05) is 30.3 Å². The van der Waals surface area contributed by atoms with E-state index in [1.807, 2.05) is 48.5 Å². The van der Waals surface area contributed by atoms with Crippen molar-refractivity contribution >= 4 is 11.6 Å². The molecule has 0 radical (unpaired) electrons. The second-order valence-corrected chi connectivity index (χ2v) is 8.09. The maximum atomic E-state index is 13.9. The van der Waals surface area contributed by atoms with Crippen molar-refractivity contribution in [3.63, 3.8) is 0 Å². The number of halogens is 2. The first kappa shape index (κ1) is 22.0. The van der Waals surface area contributed by atoms with Crippen molar-refractivity contribution in [2.24, 2.45) is 5.92 Å². The number of nitrogens with zero attached hydrogens (tertiary/aromatic N) is 1. The number of benzene rings is 3. The summed E-state index contributed by atoms with van der Waals surface area (Å²) in [6.07, 6.45) is 1.40. The molecule has 6 heteroatoms. The molecule has 1 aliphatic heterocycles. The Morgan fingerprint density at radius 2 is 1.72 bits per heavy atom. The molecule has 4 nitrogen and oxygen atoms in total. The van der Waals surface area contributed by atoms with Crippen LogP contribution in [0.2, 0.25) is 0 Å². The van der Waals surface area contributed by atoms with E-state index in [2.05, 4.69) is 10.2 Å². The summed E-state index contributed by atoms with van der Waals surface area (Å²) in [6, 6.07) is 19.2. The molecule has 0 aliphatic carbocycles. The minimum absolute atomic E-state index is 0.000375. The molecule has 0 bridgehead atoms. The van der Waals surface area contributed by atoms with Crippen LogP contribution < -0.4 is 10.1 Å². The standard InChI is InChI=1S/C26H26F2N2O2/c1-32-24-7-3-5-20(15-24)19-4-2-6-23(14-19)29-26(31)18-10-12-30(13-11-18)17-21-8-9-22(27)16-25(21)28/h2-9,14-16,18H,10-13,17H2,1H3,(H,29,31). The van der Waals surface area contributed by atoms with Crippen LogP contribution in [0.1, 0.15) is 18.4 Å². The Kier molecular flexibility index (Phi) is 6.81. The van der Waals surface area contributed by atoms with Crippen LogP contribution in [-0.2, 0) is 11.3 Å². The van der Waals surface area contributed by atoms with Gasteiger partial charge in [-0.25, -0.2) is 8.78 Å². The minimum Gasteiger partial charge on any atom is -0.497 e. The van der Waals surface area contributed by atoms with E-state index in [0.717, 1.165) is 28.6 Å². The van der Waals surface area contributed by atoms with Crippen LogP contribution in [0.15, 0.2) is 66.7 Å². The van der Waals surface area contributed by atoms with Gasteiger partial charge in [0.1, 0.15) is 17.4 Å². The molecule has 0 spiro atoms. The lowest BCUT2D eigenvalue weighted by Crippen LogP contribution is -2.37. The third-order valence-electron chi connectivity index (χ3n) is 5.90. The molecule has 1 heterocycles. The first-order valence-electron chi connectivity index (χ1n) is 10.7. The number of amides is 1. The van der Waals surface area contributed by atoms with Crippen LogP contribution >= 0.6 is 0 Å². The molecule has 0 saturated carbocycles. The zero-order valence-electron chi connectivity index (χ0n) is 18.0. The molecule has 1 amide bonds. The second kappa shape index (κ2) is 9.92. The van der Waals surface area contributed by atoms with E-state index in [0.29, 0.717) is 38.0 Å². The normalized spacial score (nSPS) is 14.8. The zero-order valence-corrected chi connectivity index (χ0v) is 18.0. The molecule has 1 N–H and O–H groups in total. The van der Waals surface area contributed by atoms with Crippen LogP contribution in [0.3, 0.4) is 0 Å². The molecule has 1 fully saturated rings. The highest BCUT2D eigenvalue weighted by molar-refractivity contribution is 5.93. The number of methoxy groups -OCH3 is 1. The lowest BCUT2D eigenvalue weighted by atomic mass is 9.95. The van der Waals surface area contributed by atoms with E-state index in [1.165, 1.54) is 12.1 Å². The van der Waals surface area contributed by atoms with Gasteiger partial charge in [-0.05, 0) is 67.4 Å². The van der Waals surface area contributed by atoms with Gasteiger partial charge in [0.05, 0.1) is 7.11 Å². The van der Waals surface area contributed by atoms with Gasteiger partial charge in [0.15, 0.2) is 0 Å². The fraction of sp³-hybridized carbons (Fsp3) is 0.269. The summed E-state index contributed by atoms with van der Waals surface area (Å²) in [6.45, 7) is 1.81. The molecule has 0 unspecified atom stereocenters. The van der Waals surface area contributed by atoms with Gasteiger partial charge in [0, 0.05) is 29.8 Å². The third-order valence-corrected chi connectivity index (χ3v) is 5.90. The number of piperidine rings is 1. The second-order valence-electron chi connectivity index (χ2n) is 8.09. The molecule has 4 rings (SSSR count). The number of carbonyl (C=O) groups excluding carboxylic acids is 1. The van der Waals surface area contributed by atoms with Gasteiger partial charge < -0.3 is 10.1 Å². The number of likely N-dealkylation sites (tertiary alicyclic amines) is 1. The average Bonchev–Trinajstić information content (AvgIpc) is 2.81. The van der Waals surface area contributed by atoms with E-state index >= 15 is 0 Å². The lowest BCUT2D eigenvalue weighted by Gasteiger charge is -2.31. The molecule has 0 aromatic heterocycles. The molecule has 166 valence electrons. The lowest BCUT2D eigenvalue weighted by molar-refractivity contribution is -0.121. The number of rotatable bonds is 6. The summed E-state index contributed by atoms with van der Waals surface area (Å²) in [7, 11) is 1.64.